The lowest BCUT2D eigenvalue weighted by Gasteiger charge is -2.33. The number of rotatable bonds is 6. The number of carbonyl (C=O) groups excluding carboxylic acids is 2. The van der Waals surface area contributed by atoms with Crippen molar-refractivity contribution in [1.82, 2.24) is 0 Å². The van der Waals surface area contributed by atoms with Gasteiger partial charge in [0.05, 0.1) is 12.0 Å². The van der Waals surface area contributed by atoms with Gasteiger partial charge >= 0.3 is 11.9 Å². The summed E-state index contributed by atoms with van der Waals surface area (Å²) >= 11 is 0. The van der Waals surface area contributed by atoms with Crippen molar-refractivity contribution in [2.75, 3.05) is 6.61 Å². The highest BCUT2D eigenvalue weighted by Crippen LogP contribution is 2.37. The highest BCUT2D eigenvalue weighted by atomic mass is 16.6. The van der Waals surface area contributed by atoms with Crippen molar-refractivity contribution < 1.29 is 19.1 Å². The van der Waals surface area contributed by atoms with Gasteiger partial charge in [-0.25, -0.2) is 4.79 Å². The SMILES string of the molecule is CCOC(=O)C(OC(=O)C1(C)CCCCC1)C(C)CC. The molecular formula is C16H28O4. The van der Waals surface area contributed by atoms with E-state index in [-0.39, 0.29) is 11.9 Å². The Balaban J connectivity index is 2.73. The molecule has 0 saturated heterocycles. The fourth-order valence-corrected chi connectivity index (χ4v) is 2.63. The van der Waals surface area contributed by atoms with Gasteiger partial charge in [0.1, 0.15) is 0 Å². The molecule has 4 heteroatoms. The summed E-state index contributed by atoms with van der Waals surface area (Å²) in [7, 11) is 0. The van der Waals surface area contributed by atoms with Crippen LogP contribution in [0.3, 0.4) is 0 Å². The van der Waals surface area contributed by atoms with Crippen LogP contribution in [0, 0.1) is 11.3 Å². The van der Waals surface area contributed by atoms with Gasteiger partial charge in [0, 0.05) is 5.92 Å². The van der Waals surface area contributed by atoms with Gasteiger partial charge in [-0.3, -0.25) is 4.79 Å². The molecule has 0 aromatic rings. The van der Waals surface area contributed by atoms with Gasteiger partial charge in [0.2, 0.25) is 6.10 Å². The van der Waals surface area contributed by atoms with E-state index in [2.05, 4.69) is 0 Å². The number of hydrogen-bond acceptors (Lipinski definition) is 4. The van der Waals surface area contributed by atoms with E-state index in [1.54, 1.807) is 6.92 Å². The molecule has 116 valence electrons. The minimum atomic E-state index is -0.772. The van der Waals surface area contributed by atoms with E-state index >= 15 is 0 Å². The van der Waals surface area contributed by atoms with Crippen molar-refractivity contribution in [2.45, 2.75) is 72.3 Å². The highest BCUT2D eigenvalue weighted by Gasteiger charge is 2.40. The lowest BCUT2D eigenvalue weighted by Crippen LogP contribution is -2.40. The minimum absolute atomic E-state index is 0.0230. The Labute approximate surface area is 122 Å². The van der Waals surface area contributed by atoms with Gasteiger partial charge in [-0.1, -0.05) is 33.1 Å². The zero-order chi connectivity index (χ0) is 15.2. The van der Waals surface area contributed by atoms with E-state index in [1.807, 2.05) is 20.8 Å². The molecule has 0 heterocycles. The summed E-state index contributed by atoms with van der Waals surface area (Å²) in [4.78, 5) is 24.4. The Morgan fingerprint density at radius 1 is 1.15 bits per heavy atom. The van der Waals surface area contributed by atoms with Crippen molar-refractivity contribution in [3.63, 3.8) is 0 Å². The Morgan fingerprint density at radius 3 is 2.25 bits per heavy atom. The maximum absolute atomic E-state index is 12.4. The van der Waals surface area contributed by atoms with Crippen molar-refractivity contribution in [2.24, 2.45) is 11.3 Å². The first-order valence-corrected chi connectivity index (χ1v) is 7.82. The van der Waals surface area contributed by atoms with Gasteiger partial charge in [-0.15, -0.1) is 0 Å². The van der Waals surface area contributed by atoms with Crippen LogP contribution in [-0.2, 0) is 19.1 Å². The Morgan fingerprint density at radius 2 is 1.75 bits per heavy atom. The van der Waals surface area contributed by atoms with E-state index in [4.69, 9.17) is 9.47 Å². The molecule has 0 bridgehead atoms. The van der Waals surface area contributed by atoms with Crippen LogP contribution in [-0.4, -0.2) is 24.6 Å². The van der Waals surface area contributed by atoms with Gasteiger partial charge in [0.15, 0.2) is 0 Å². The standard InChI is InChI=1S/C16H28O4/c1-5-12(3)13(14(17)19-6-2)20-15(18)16(4)10-8-7-9-11-16/h12-13H,5-11H2,1-4H3. The fourth-order valence-electron chi connectivity index (χ4n) is 2.63. The first-order valence-electron chi connectivity index (χ1n) is 7.82. The average Bonchev–Trinajstić information content (AvgIpc) is 2.44. The van der Waals surface area contributed by atoms with E-state index in [0.29, 0.717) is 6.61 Å². The first-order chi connectivity index (χ1) is 9.44. The quantitative estimate of drug-likeness (QED) is 0.701. The third kappa shape index (κ3) is 4.22. The van der Waals surface area contributed by atoms with Gasteiger partial charge in [-0.2, -0.15) is 0 Å². The zero-order valence-electron chi connectivity index (χ0n) is 13.2. The van der Waals surface area contributed by atoms with Crippen LogP contribution in [0.2, 0.25) is 0 Å². The molecule has 0 aliphatic heterocycles. The molecule has 0 aromatic carbocycles. The van der Waals surface area contributed by atoms with Crippen molar-refractivity contribution in [3.8, 4) is 0 Å². The van der Waals surface area contributed by atoms with E-state index < -0.39 is 17.5 Å². The first kappa shape index (κ1) is 17.0. The van der Waals surface area contributed by atoms with Gasteiger partial charge < -0.3 is 9.47 Å². The van der Waals surface area contributed by atoms with Crippen LogP contribution in [0.4, 0.5) is 0 Å². The minimum Gasteiger partial charge on any atom is -0.463 e. The molecule has 1 saturated carbocycles. The summed E-state index contributed by atoms with van der Waals surface area (Å²) in [5, 5.41) is 0. The molecule has 0 radical (unpaired) electrons. The molecule has 0 N–H and O–H groups in total. The fraction of sp³-hybridized carbons (Fsp3) is 0.875. The Hall–Kier alpha value is -1.06. The monoisotopic (exact) mass is 284 g/mol. The number of hydrogen-bond donors (Lipinski definition) is 0. The summed E-state index contributed by atoms with van der Waals surface area (Å²) < 4.78 is 10.6. The lowest BCUT2D eigenvalue weighted by molar-refractivity contribution is -0.179. The molecule has 1 fully saturated rings. The zero-order valence-corrected chi connectivity index (χ0v) is 13.2. The van der Waals surface area contributed by atoms with Crippen LogP contribution < -0.4 is 0 Å². The van der Waals surface area contributed by atoms with E-state index in [9.17, 15) is 9.59 Å². The average molecular weight is 284 g/mol. The predicted octanol–water partition coefficient (Wildman–Crippen LogP) is 3.48. The molecule has 2 unspecified atom stereocenters. The summed E-state index contributed by atoms with van der Waals surface area (Å²) in [6.45, 7) is 7.91. The predicted molar refractivity (Wildman–Crippen MR) is 77.2 cm³/mol. The van der Waals surface area contributed by atoms with Crippen molar-refractivity contribution in [1.29, 1.82) is 0 Å². The third-order valence-electron chi connectivity index (χ3n) is 4.36. The second-order valence-electron chi connectivity index (χ2n) is 6.08. The second-order valence-corrected chi connectivity index (χ2v) is 6.08. The maximum Gasteiger partial charge on any atom is 0.347 e. The molecule has 4 nitrogen and oxygen atoms in total. The second kappa shape index (κ2) is 7.65. The molecule has 0 aromatic heterocycles. The molecule has 20 heavy (non-hydrogen) atoms. The number of esters is 2. The van der Waals surface area contributed by atoms with Crippen LogP contribution in [0.25, 0.3) is 0 Å². The van der Waals surface area contributed by atoms with Crippen LogP contribution in [0.15, 0.2) is 0 Å². The normalized spacial score (nSPS) is 20.8. The Bertz CT molecular complexity index is 331. The maximum atomic E-state index is 12.4. The van der Waals surface area contributed by atoms with Gasteiger partial charge in [-0.05, 0) is 33.1 Å². The summed E-state index contributed by atoms with van der Waals surface area (Å²) in [6, 6.07) is 0. The lowest BCUT2D eigenvalue weighted by atomic mass is 9.76. The molecule has 1 aliphatic carbocycles. The van der Waals surface area contributed by atoms with Gasteiger partial charge in [0.25, 0.3) is 0 Å². The van der Waals surface area contributed by atoms with E-state index in [1.165, 1.54) is 6.42 Å². The molecule has 1 aliphatic rings. The molecule has 0 amide bonds. The third-order valence-corrected chi connectivity index (χ3v) is 4.36. The summed E-state index contributed by atoms with van der Waals surface area (Å²) in [6.07, 6.45) is 4.98. The van der Waals surface area contributed by atoms with Crippen LogP contribution >= 0.6 is 0 Å². The highest BCUT2D eigenvalue weighted by molar-refractivity contribution is 5.82. The van der Waals surface area contributed by atoms with Crippen molar-refractivity contribution in [3.05, 3.63) is 0 Å². The summed E-state index contributed by atoms with van der Waals surface area (Å²) in [5.41, 5.74) is -0.434. The Kier molecular flexibility index (Phi) is 6.50. The number of carbonyl (C=O) groups is 2. The largest absolute Gasteiger partial charge is 0.463 e. The molecule has 2 atom stereocenters. The number of ether oxygens (including phenoxy) is 2. The van der Waals surface area contributed by atoms with Crippen LogP contribution in [0.1, 0.15) is 66.2 Å². The topological polar surface area (TPSA) is 52.6 Å². The summed E-state index contributed by atoms with van der Waals surface area (Å²) in [5.74, 6) is -0.685. The smallest absolute Gasteiger partial charge is 0.347 e. The van der Waals surface area contributed by atoms with E-state index in [0.717, 1.165) is 32.1 Å². The van der Waals surface area contributed by atoms with Crippen molar-refractivity contribution >= 4 is 11.9 Å². The molecule has 1 rings (SSSR count). The van der Waals surface area contributed by atoms with Crippen LogP contribution in [0.5, 0.6) is 0 Å². The molecule has 0 spiro atoms. The molecular weight excluding hydrogens is 256 g/mol.